The molecule has 1 saturated heterocycles. The molecule has 0 aliphatic carbocycles. The fourth-order valence-corrected chi connectivity index (χ4v) is 2.64. The first kappa shape index (κ1) is 12.4. The largest absolute Gasteiger partial charge is 0.382 e. The summed E-state index contributed by atoms with van der Waals surface area (Å²) in [5.41, 5.74) is 2.57. The van der Waals surface area contributed by atoms with Gasteiger partial charge in [-0.25, -0.2) is 0 Å². The van der Waals surface area contributed by atoms with Crippen LogP contribution in [0.2, 0.25) is 0 Å². The number of hydrogen-bond donors (Lipinski definition) is 1. The smallest absolute Gasteiger partial charge is 0.0342 e. The van der Waals surface area contributed by atoms with Crippen LogP contribution in [-0.2, 0) is 0 Å². The number of piperidine rings is 1. The highest BCUT2D eigenvalue weighted by Gasteiger charge is 2.22. The second-order valence-corrected chi connectivity index (χ2v) is 5.46. The minimum atomic E-state index is 0.556. The molecule has 94 valence electrons. The summed E-state index contributed by atoms with van der Waals surface area (Å²) in [6.45, 7) is 6.92. The van der Waals surface area contributed by atoms with Gasteiger partial charge in [-0.1, -0.05) is 17.7 Å². The van der Waals surface area contributed by atoms with Crippen molar-refractivity contribution in [3.8, 4) is 0 Å². The van der Waals surface area contributed by atoms with Gasteiger partial charge in [0.25, 0.3) is 0 Å². The SMILES string of the molecule is Cc1ccc(NC(C)C2CCCN(C)C2)cc1. The first-order valence-electron chi connectivity index (χ1n) is 6.67. The third-order valence-corrected chi connectivity index (χ3v) is 3.81. The Morgan fingerprint density at radius 1 is 1.29 bits per heavy atom. The van der Waals surface area contributed by atoms with Gasteiger partial charge in [0.2, 0.25) is 0 Å². The minimum Gasteiger partial charge on any atom is -0.382 e. The number of rotatable bonds is 3. The third-order valence-electron chi connectivity index (χ3n) is 3.81. The van der Waals surface area contributed by atoms with E-state index in [0.29, 0.717) is 6.04 Å². The lowest BCUT2D eigenvalue weighted by molar-refractivity contribution is 0.197. The van der Waals surface area contributed by atoms with Gasteiger partial charge in [0.15, 0.2) is 0 Å². The van der Waals surface area contributed by atoms with Gasteiger partial charge in [-0.15, -0.1) is 0 Å². The van der Waals surface area contributed by atoms with Crippen molar-refractivity contribution in [2.24, 2.45) is 5.92 Å². The summed E-state index contributed by atoms with van der Waals surface area (Å²) in [6.07, 6.45) is 2.69. The van der Waals surface area contributed by atoms with Crippen LogP contribution in [0.4, 0.5) is 5.69 Å². The molecule has 0 aromatic heterocycles. The number of nitrogens with one attached hydrogen (secondary N) is 1. The predicted octanol–water partition coefficient (Wildman–Crippen LogP) is 3.14. The van der Waals surface area contributed by atoms with E-state index < -0.39 is 0 Å². The van der Waals surface area contributed by atoms with Crippen molar-refractivity contribution < 1.29 is 0 Å². The normalized spacial score (nSPS) is 23.4. The molecule has 0 bridgehead atoms. The standard InChI is InChI=1S/C15H24N2/c1-12-6-8-15(9-7-12)16-13(2)14-5-4-10-17(3)11-14/h6-9,13-14,16H,4-5,10-11H2,1-3H3. The lowest BCUT2D eigenvalue weighted by Gasteiger charge is -2.34. The number of likely N-dealkylation sites (tertiary alicyclic amines) is 1. The molecule has 1 fully saturated rings. The maximum Gasteiger partial charge on any atom is 0.0342 e. The summed E-state index contributed by atoms with van der Waals surface area (Å²) in [4.78, 5) is 2.45. The molecule has 2 nitrogen and oxygen atoms in total. The summed E-state index contributed by atoms with van der Waals surface area (Å²) in [7, 11) is 2.23. The molecule has 1 aromatic rings. The molecule has 1 N–H and O–H groups in total. The summed E-state index contributed by atoms with van der Waals surface area (Å²) in [6, 6.07) is 9.25. The van der Waals surface area contributed by atoms with Gasteiger partial charge in [-0.2, -0.15) is 0 Å². The number of aryl methyl sites for hydroxylation is 1. The topological polar surface area (TPSA) is 15.3 Å². The van der Waals surface area contributed by atoms with Crippen LogP contribution in [0, 0.1) is 12.8 Å². The van der Waals surface area contributed by atoms with Crippen molar-refractivity contribution in [1.29, 1.82) is 0 Å². The van der Waals surface area contributed by atoms with Crippen LogP contribution in [0.25, 0.3) is 0 Å². The number of hydrogen-bond acceptors (Lipinski definition) is 2. The molecule has 0 radical (unpaired) electrons. The van der Waals surface area contributed by atoms with Gasteiger partial charge in [0.05, 0.1) is 0 Å². The Hall–Kier alpha value is -1.02. The van der Waals surface area contributed by atoms with E-state index in [0.717, 1.165) is 5.92 Å². The van der Waals surface area contributed by atoms with Gasteiger partial charge in [-0.3, -0.25) is 0 Å². The average Bonchev–Trinajstić information content (AvgIpc) is 2.32. The molecule has 0 spiro atoms. The Morgan fingerprint density at radius 2 is 2.00 bits per heavy atom. The maximum absolute atomic E-state index is 3.63. The van der Waals surface area contributed by atoms with Crippen molar-refractivity contribution >= 4 is 5.69 Å². The van der Waals surface area contributed by atoms with E-state index in [2.05, 4.69) is 55.4 Å². The van der Waals surface area contributed by atoms with Gasteiger partial charge in [0.1, 0.15) is 0 Å². The lowest BCUT2D eigenvalue weighted by atomic mass is 9.92. The molecule has 1 heterocycles. The lowest BCUT2D eigenvalue weighted by Crippen LogP contribution is -2.39. The average molecular weight is 232 g/mol. The van der Waals surface area contributed by atoms with Crippen LogP contribution in [0.15, 0.2) is 24.3 Å². The van der Waals surface area contributed by atoms with Gasteiger partial charge < -0.3 is 10.2 Å². The fourth-order valence-electron chi connectivity index (χ4n) is 2.64. The molecule has 0 amide bonds. The van der Waals surface area contributed by atoms with E-state index in [1.54, 1.807) is 0 Å². The van der Waals surface area contributed by atoms with Gasteiger partial charge >= 0.3 is 0 Å². The molecule has 0 saturated carbocycles. The third kappa shape index (κ3) is 3.47. The zero-order valence-corrected chi connectivity index (χ0v) is 11.2. The summed E-state index contributed by atoms with van der Waals surface area (Å²) in [5.74, 6) is 0.773. The monoisotopic (exact) mass is 232 g/mol. The summed E-state index contributed by atoms with van der Waals surface area (Å²) >= 11 is 0. The Balaban J connectivity index is 1.91. The highest BCUT2D eigenvalue weighted by molar-refractivity contribution is 5.45. The fraction of sp³-hybridized carbons (Fsp3) is 0.600. The first-order valence-corrected chi connectivity index (χ1v) is 6.67. The highest BCUT2D eigenvalue weighted by atomic mass is 15.1. The minimum absolute atomic E-state index is 0.556. The second-order valence-electron chi connectivity index (χ2n) is 5.46. The molecule has 2 atom stereocenters. The molecular weight excluding hydrogens is 208 g/mol. The van der Waals surface area contributed by atoms with Gasteiger partial charge in [-0.05, 0) is 58.3 Å². The van der Waals surface area contributed by atoms with Crippen LogP contribution in [0.1, 0.15) is 25.3 Å². The van der Waals surface area contributed by atoms with Crippen LogP contribution in [-0.4, -0.2) is 31.1 Å². The zero-order chi connectivity index (χ0) is 12.3. The quantitative estimate of drug-likeness (QED) is 0.861. The van der Waals surface area contributed by atoms with Crippen molar-refractivity contribution in [3.63, 3.8) is 0 Å². The van der Waals surface area contributed by atoms with Crippen molar-refractivity contribution in [1.82, 2.24) is 4.90 Å². The Labute approximate surface area is 105 Å². The predicted molar refractivity (Wildman–Crippen MR) is 74.5 cm³/mol. The zero-order valence-electron chi connectivity index (χ0n) is 11.2. The molecule has 2 unspecified atom stereocenters. The van der Waals surface area contributed by atoms with Crippen LogP contribution in [0.5, 0.6) is 0 Å². The molecule has 1 aliphatic heterocycles. The Bertz CT molecular complexity index is 344. The van der Waals surface area contributed by atoms with Crippen LogP contribution >= 0.6 is 0 Å². The van der Waals surface area contributed by atoms with E-state index in [1.807, 2.05) is 0 Å². The van der Waals surface area contributed by atoms with Crippen LogP contribution in [0.3, 0.4) is 0 Å². The molecule has 2 heteroatoms. The Kier molecular flexibility index (Phi) is 4.06. The number of nitrogens with zero attached hydrogens (tertiary/aromatic N) is 1. The van der Waals surface area contributed by atoms with E-state index in [9.17, 15) is 0 Å². The van der Waals surface area contributed by atoms with Crippen LogP contribution < -0.4 is 5.32 Å². The molecule has 1 aliphatic rings. The van der Waals surface area contributed by atoms with Crippen molar-refractivity contribution in [2.45, 2.75) is 32.7 Å². The van der Waals surface area contributed by atoms with E-state index >= 15 is 0 Å². The summed E-state index contributed by atoms with van der Waals surface area (Å²) in [5, 5.41) is 3.63. The second kappa shape index (κ2) is 5.54. The molecule has 17 heavy (non-hydrogen) atoms. The van der Waals surface area contributed by atoms with E-state index in [-0.39, 0.29) is 0 Å². The Morgan fingerprint density at radius 3 is 2.65 bits per heavy atom. The molecular formula is C15H24N2. The van der Waals surface area contributed by atoms with Crippen molar-refractivity contribution in [3.05, 3.63) is 29.8 Å². The number of benzene rings is 1. The van der Waals surface area contributed by atoms with Crippen molar-refractivity contribution in [2.75, 3.05) is 25.5 Å². The van der Waals surface area contributed by atoms with E-state index in [4.69, 9.17) is 0 Å². The van der Waals surface area contributed by atoms with E-state index in [1.165, 1.54) is 37.2 Å². The molecule has 2 rings (SSSR count). The molecule has 1 aromatic carbocycles. The first-order chi connectivity index (χ1) is 8.15. The highest BCUT2D eigenvalue weighted by Crippen LogP contribution is 2.21. The summed E-state index contributed by atoms with van der Waals surface area (Å²) < 4.78 is 0. The maximum atomic E-state index is 3.63. The van der Waals surface area contributed by atoms with Gasteiger partial charge in [0, 0.05) is 18.3 Å². The number of anilines is 1.